The van der Waals surface area contributed by atoms with Gasteiger partial charge in [-0.3, -0.25) is 4.79 Å². The summed E-state index contributed by atoms with van der Waals surface area (Å²) in [4.78, 5) is 12.7. The maximum Gasteiger partial charge on any atom is 0.174 e. The van der Waals surface area contributed by atoms with E-state index in [1.165, 1.54) is 0 Å². The monoisotopic (exact) mass is 268 g/mol. The standard InChI is InChI=1S/C17H16O3/c1-3-12-13-6-4-5-7-15(13)20-16-10-11(19-2)8-9-14(16)17(12)18/h4-10,12H,3H2,1-2H3/t12-/m0/s1. The molecule has 1 heterocycles. The first-order valence-corrected chi connectivity index (χ1v) is 6.73. The Bertz CT molecular complexity index is 661. The van der Waals surface area contributed by atoms with Gasteiger partial charge in [-0.1, -0.05) is 25.1 Å². The van der Waals surface area contributed by atoms with E-state index >= 15 is 0 Å². The molecule has 0 N–H and O–H groups in total. The topological polar surface area (TPSA) is 35.5 Å². The van der Waals surface area contributed by atoms with Gasteiger partial charge >= 0.3 is 0 Å². The number of para-hydroxylation sites is 1. The molecule has 0 aromatic heterocycles. The maximum atomic E-state index is 12.7. The molecular formula is C17H16O3. The van der Waals surface area contributed by atoms with Crippen LogP contribution in [0.25, 0.3) is 0 Å². The molecule has 1 aliphatic heterocycles. The summed E-state index contributed by atoms with van der Waals surface area (Å²) in [6.45, 7) is 2.02. The predicted molar refractivity (Wildman–Crippen MR) is 76.9 cm³/mol. The molecule has 0 aliphatic carbocycles. The zero-order valence-corrected chi connectivity index (χ0v) is 11.6. The Morgan fingerprint density at radius 2 is 1.95 bits per heavy atom. The quantitative estimate of drug-likeness (QED) is 0.819. The number of carbonyl (C=O) groups excluding carboxylic acids is 1. The van der Waals surface area contributed by atoms with Crippen LogP contribution >= 0.6 is 0 Å². The van der Waals surface area contributed by atoms with Crippen molar-refractivity contribution in [1.29, 1.82) is 0 Å². The fourth-order valence-electron chi connectivity index (χ4n) is 2.63. The number of ketones is 1. The highest BCUT2D eigenvalue weighted by Gasteiger charge is 2.29. The number of benzene rings is 2. The van der Waals surface area contributed by atoms with Crippen molar-refractivity contribution in [3.63, 3.8) is 0 Å². The lowest BCUT2D eigenvalue weighted by Gasteiger charge is -2.12. The van der Waals surface area contributed by atoms with Crippen LogP contribution in [-0.4, -0.2) is 12.9 Å². The van der Waals surface area contributed by atoms with Crippen LogP contribution in [0.1, 0.15) is 35.2 Å². The summed E-state index contributed by atoms with van der Waals surface area (Å²) < 4.78 is 11.2. The zero-order chi connectivity index (χ0) is 14.1. The summed E-state index contributed by atoms with van der Waals surface area (Å²) in [5.41, 5.74) is 1.57. The molecule has 0 saturated heterocycles. The lowest BCUT2D eigenvalue weighted by Crippen LogP contribution is -2.10. The summed E-state index contributed by atoms with van der Waals surface area (Å²) in [6.07, 6.45) is 0.755. The third kappa shape index (κ3) is 1.95. The van der Waals surface area contributed by atoms with Crippen molar-refractivity contribution in [2.24, 2.45) is 0 Å². The third-order valence-corrected chi connectivity index (χ3v) is 3.69. The van der Waals surface area contributed by atoms with Gasteiger partial charge in [-0.15, -0.1) is 0 Å². The fourth-order valence-corrected chi connectivity index (χ4v) is 2.63. The van der Waals surface area contributed by atoms with Gasteiger partial charge in [-0.2, -0.15) is 0 Å². The van der Waals surface area contributed by atoms with E-state index in [0.29, 0.717) is 17.1 Å². The second kappa shape index (κ2) is 5.00. The average molecular weight is 268 g/mol. The van der Waals surface area contributed by atoms with Gasteiger partial charge in [0.15, 0.2) is 5.78 Å². The Hall–Kier alpha value is -2.29. The van der Waals surface area contributed by atoms with Gasteiger partial charge in [0.05, 0.1) is 18.6 Å². The molecule has 3 rings (SSSR count). The minimum atomic E-state index is -0.152. The molecule has 3 nitrogen and oxygen atoms in total. The molecule has 3 heteroatoms. The van der Waals surface area contributed by atoms with Crippen LogP contribution in [0.5, 0.6) is 17.2 Å². The van der Waals surface area contributed by atoms with Crippen molar-refractivity contribution in [2.45, 2.75) is 19.3 Å². The average Bonchev–Trinajstić information content (AvgIpc) is 2.60. The van der Waals surface area contributed by atoms with E-state index in [1.807, 2.05) is 31.2 Å². The smallest absolute Gasteiger partial charge is 0.174 e. The zero-order valence-electron chi connectivity index (χ0n) is 11.6. The Labute approximate surface area is 118 Å². The Morgan fingerprint density at radius 3 is 2.70 bits per heavy atom. The van der Waals surface area contributed by atoms with Crippen LogP contribution in [-0.2, 0) is 0 Å². The first-order valence-electron chi connectivity index (χ1n) is 6.73. The SMILES string of the molecule is CC[C@@H]1C(=O)c2ccc(OC)cc2Oc2ccccc21. The van der Waals surface area contributed by atoms with E-state index in [0.717, 1.165) is 17.7 Å². The molecule has 0 fully saturated rings. The number of methoxy groups -OCH3 is 1. The second-order valence-electron chi connectivity index (χ2n) is 4.83. The number of fused-ring (bicyclic) bond motifs is 2. The molecule has 0 amide bonds. The molecule has 2 aromatic rings. The summed E-state index contributed by atoms with van der Waals surface area (Å²) >= 11 is 0. The largest absolute Gasteiger partial charge is 0.497 e. The van der Waals surface area contributed by atoms with Crippen molar-refractivity contribution in [3.05, 3.63) is 53.6 Å². The van der Waals surface area contributed by atoms with E-state index in [1.54, 1.807) is 25.3 Å². The van der Waals surface area contributed by atoms with Crippen molar-refractivity contribution >= 4 is 5.78 Å². The van der Waals surface area contributed by atoms with Crippen molar-refractivity contribution < 1.29 is 14.3 Å². The molecule has 1 aliphatic rings. The van der Waals surface area contributed by atoms with Crippen LogP contribution in [0.15, 0.2) is 42.5 Å². The van der Waals surface area contributed by atoms with E-state index in [2.05, 4.69) is 0 Å². The molecule has 0 saturated carbocycles. The summed E-state index contributed by atoms with van der Waals surface area (Å²) in [7, 11) is 1.60. The molecule has 0 radical (unpaired) electrons. The van der Waals surface area contributed by atoms with E-state index in [-0.39, 0.29) is 11.7 Å². The molecule has 102 valence electrons. The molecular weight excluding hydrogens is 252 g/mol. The van der Waals surface area contributed by atoms with Crippen molar-refractivity contribution in [2.75, 3.05) is 7.11 Å². The molecule has 20 heavy (non-hydrogen) atoms. The van der Waals surface area contributed by atoms with Gasteiger partial charge in [0.2, 0.25) is 0 Å². The first kappa shape index (κ1) is 12.7. The normalized spacial score (nSPS) is 16.7. The first-order chi connectivity index (χ1) is 9.74. The highest BCUT2D eigenvalue weighted by molar-refractivity contribution is 6.04. The number of hydrogen-bond donors (Lipinski definition) is 0. The second-order valence-corrected chi connectivity index (χ2v) is 4.83. The lowest BCUT2D eigenvalue weighted by atomic mass is 9.88. The van der Waals surface area contributed by atoms with Crippen molar-refractivity contribution in [1.82, 2.24) is 0 Å². The van der Waals surface area contributed by atoms with Gasteiger partial charge in [0.1, 0.15) is 17.2 Å². The number of rotatable bonds is 2. The predicted octanol–water partition coefficient (Wildman–Crippen LogP) is 4.18. The van der Waals surface area contributed by atoms with Crippen LogP contribution in [0, 0.1) is 0 Å². The van der Waals surface area contributed by atoms with Gasteiger partial charge < -0.3 is 9.47 Å². The number of hydrogen-bond acceptors (Lipinski definition) is 3. The van der Waals surface area contributed by atoms with Crippen LogP contribution in [0.2, 0.25) is 0 Å². The van der Waals surface area contributed by atoms with E-state index in [4.69, 9.17) is 9.47 Å². The van der Waals surface area contributed by atoms with Crippen LogP contribution in [0.4, 0.5) is 0 Å². The maximum absolute atomic E-state index is 12.7. The third-order valence-electron chi connectivity index (χ3n) is 3.69. The molecule has 0 spiro atoms. The minimum Gasteiger partial charge on any atom is -0.497 e. The molecule has 2 aromatic carbocycles. The van der Waals surface area contributed by atoms with Gasteiger partial charge in [-0.25, -0.2) is 0 Å². The Kier molecular flexibility index (Phi) is 3.18. The number of carbonyl (C=O) groups is 1. The lowest BCUT2D eigenvalue weighted by molar-refractivity contribution is 0.0958. The number of Topliss-reactive ketones (excluding diaryl/α,β-unsaturated/α-hetero) is 1. The highest BCUT2D eigenvalue weighted by atomic mass is 16.5. The van der Waals surface area contributed by atoms with E-state index in [9.17, 15) is 4.79 Å². The van der Waals surface area contributed by atoms with Gasteiger partial charge in [-0.05, 0) is 24.6 Å². The van der Waals surface area contributed by atoms with E-state index < -0.39 is 0 Å². The summed E-state index contributed by atoms with van der Waals surface area (Å²) in [5, 5.41) is 0. The highest BCUT2D eigenvalue weighted by Crippen LogP contribution is 2.41. The molecule has 1 atom stereocenters. The van der Waals surface area contributed by atoms with Crippen molar-refractivity contribution in [3.8, 4) is 17.2 Å². The van der Waals surface area contributed by atoms with Crippen LogP contribution < -0.4 is 9.47 Å². The summed E-state index contributed by atoms with van der Waals surface area (Å²) in [6, 6.07) is 13.1. The number of ether oxygens (including phenoxy) is 2. The molecule has 0 bridgehead atoms. The van der Waals surface area contributed by atoms with Gasteiger partial charge in [0.25, 0.3) is 0 Å². The molecule has 0 unspecified atom stereocenters. The minimum absolute atomic E-state index is 0.107. The van der Waals surface area contributed by atoms with Gasteiger partial charge in [0, 0.05) is 11.6 Å². The Balaban J connectivity index is 2.19. The summed E-state index contributed by atoms with van der Waals surface area (Å²) in [5.74, 6) is 1.96. The fraction of sp³-hybridized carbons (Fsp3) is 0.235. The van der Waals surface area contributed by atoms with Crippen LogP contribution in [0.3, 0.4) is 0 Å². The Morgan fingerprint density at radius 1 is 1.15 bits per heavy atom.